The lowest BCUT2D eigenvalue weighted by Crippen LogP contribution is -2.00. The zero-order valence-corrected chi connectivity index (χ0v) is 30.3. The molecule has 0 amide bonds. The van der Waals surface area contributed by atoms with Crippen LogP contribution < -0.4 is 0 Å². The molecule has 0 fully saturated rings. The van der Waals surface area contributed by atoms with E-state index in [0.717, 1.165) is 50.2 Å². The van der Waals surface area contributed by atoms with E-state index in [9.17, 15) is 0 Å². The normalized spacial score (nSPS) is 11.6. The molecule has 11 aromatic rings. The van der Waals surface area contributed by atoms with Crippen LogP contribution in [0.25, 0.3) is 100 Å². The highest BCUT2D eigenvalue weighted by atomic mass is 15.0. The van der Waals surface area contributed by atoms with Crippen LogP contribution in [0, 0.1) is 0 Å². The SMILES string of the molecule is c1ccc(-c2nc(-c3cccc(-c4ccc(-n5c6ccccc6c6ccccc65)cc4)c3)nc(-c3ccc4c5ccccc5n(-c5ccccc5)c4c3)n2)cc1. The van der Waals surface area contributed by atoms with Gasteiger partial charge in [0, 0.05) is 49.6 Å². The molecule has 0 aliphatic rings. The number of fused-ring (bicyclic) bond motifs is 6. The first-order valence-electron chi connectivity index (χ1n) is 18.9. The van der Waals surface area contributed by atoms with Gasteiger partial charge in [-0.2, -0.15) is 0 Å². The molecule has 0 aliphatic heterocycles. The Labute approximate surface area is 323 Å². The van der Waals surface area contributed by atoms with Crippen molar-refractivity contribution in [1.82, 2.24) is 24.1 Å². The quantitative estimate of drug-likeness (QED) is 0.172. The summed E-state index contributed by atoms with van der Waals surface area (Å²) in [6.45, 7) is 0. The molecule has 0 saturated carbocycles. The number of para-hydroxylation sites is 4. The largest absolute Gasteiger partial charge is 0.309 e. The van der Waals surface area contributed by atoms with Crippen molar-refractivity contribution in [2.45, 2.75) is 0 Å². The lowest BCUT2D eigenvalue weighted by molar-refractivity contribution is 1.07. The fourth-order valence-corrected chi connectivity index (χ4v) is 8.16. The molecule has 3 aromatic heterocycles. The zero-order chi connectivity index (χ0) is 37.0. The molecule has 0 radical (unpaired) electrons. The van der Waals surface area contributed by atoms with E-state index in [1.54, 1.807) is 0 Å². The Bertz CT molecular complexity index is 3180. The minimum absolute atomic E-state index is 0.626. The summed E-state index contributed by atoms with van der Waals surface area (Å²) in [6, 6.07) is 70.3. The summed E-state index contributed by atoms with van der Waals surface area (Å²) >= 11 is 0. The van der Waals surface area contributed by atoms with E-state index in [4.69, 9.17) is 15.0 Å². The van der Waals surface area contributed by atoms with Crippen LogP contribution in [0.3, 0.4) is 0 Å². The molecule has 0 bridgehead atoms. The van der Waals surface area contributed by atoms with Crippen molar-refractivity contribution < 1.29 is 0 Å². The molecular formula is C51H33N5. The average molecular weight is 716 g/mol. The molecule has 262 valence electrons. The van der Waals surface area contributed by atoms with E-state index >= 15 is 0 Å². The minimum Gasteiger partial charge on any atom is -0.309 e. The number of hydrogen-bond donors (Lipinski definition) is 0. The van der Waals surface area contributed by atoms with Gasteiger partial charge in [0.1, 0.15) is 0 Å². The zero-order valence-electron chi connectivity index (χ0n) is 30.3. The number of hydrogen-bond acceptors (Lipinski definition) is 3. The van der Waals surface area contributed by atoms with Gasteiger partial charge in [0.15, 0.2) is 17.5 Å². The van der Waals surface area contributed by atoms with Gasteiger partial charge in [-0.15, -0.1) is 0 Å². The van der Waals surface area contributed by atoms with Gasteiger partial charge in [0.2, 0.25) is 0 Å². The molecule has 3 heterocycles. The number of benzene rings is 8. The van der Waals surface area contributed by atoms with E-state index < -0.39 is 0 Å². The van der Waals surface area contributed by atoms with Gasteiger partial charge in [0.25, 0.3) is 0 Å². The minimum atomic E-state index is 0.626. The van der Waals surface area contributed by atoms with E-state index in [1.807, 2.05) is 18.2 Å². The van der Waals surface area contributed by atoms with Crippen molar-refractivity contribution in [3.63, 3.8) is 0 Å². The Morgan fingerprint density at radius 3 is 1.27 bits per heavy atom. The maximum Gasteiger partial charge on any atom is 0.164 e. The van der Waals surface area contributed by atoms with Crippen molar-refractivity contribution in [3.05, 3.63) is 200 Å². The number of aromatic nitrogens is 5. The fraction of sp³-hybridized carbons (Fsp3) is 0. The second kappa shape index (κ2) is 13.0. The third-order valence-corrected chi connectivity index (χ3v) is 10.8. The highest BCUT2D eigenvalue weighted by Gasteiger charge is 2.17. The first-order chi connectivity index (χ1) is 27.8. The summed E-state index contributed by atoms with van der Waals surface area (Å²) in [6.07, 6.45) is 0. The van der Waals surface area contributed by atoms with E-state index in [1.165, 1.54) is 32.6 Å². The van der Waals surface area contributed by atoms with Crippen LogP contribution in [-0.2, 0) is 0 Å². The maximum absolute atomic E-state index is 5.17. The highest BCUT2D eigenvalue weighted by molar-refractivity contribution is 6.10. The van der Waals surface area contributed by atoms with Crippen LogP contribution in [0.2, 0.25) is 0 Å². The topological polar surface area (TPSA) is 48.5 Å². The van der Waals surface area contributed by atoms with Crippen molar-refractivity contribution >= 4 is 43.6 Å². The average Bonchev–Trinajstić information content (AvgIpc) is 3.80. The van der Waals surface area contributed by atoms with Crippen LogP contribution in [-0.4, -0.2) is 24.1 Å². The smallest absolute Gasteiger partial charge is 0.164 e. The molecule has 0 N–H and O–H groups in total. The predicted octanol–water partition coefficient (Wildman–Crippen LogP) is 12.7. The second-order valence-electron chi connectivity index (χ2n) is 14.1. The van der Waals surface area contributed by atoms with Gasteiger partial charge in [-0.3, -0.25) is 0 Å². The first-order valence-corrected chi connectivity index (χ1v) is 18.9. The Balaban J connectivity index is 1.02. The summed E-state index contributed by atoms with van der Waals surface area (Å²) in [5, 5.41) is 4.90. The van der Waals surface area contributed by atoms with Crippen molar-refractivity contribution in [2.75, 3.05) is 0 Å². The summed E-state index contributed by atoms with van der Waals surface area (Å²) in [7, 11) is 0. The lowest BCUT2D eigenvalue weighted by atomic mass is 10.0. The monoisotopic (exact) mass is 715 g/mol. The van der Waals surface area contributed by atoms with E-state index in [2.05, 4.69) is 191 Å². The molecule has 5 heteroatoms. The third-order valence-electron chi connectivity index (χ3n) is 10.8. The van der Waals surface area contributed by atoms with Gasteiger partial charge in [-0.25, -0.2) is 15.0 Å². The van der Waals surface area contributed by atoms with Crippen LogP contribution in [0.5, 0.6) is 0 Å². The predicted molar refractivity (Wildman–Crippen MR) is 230 cm³/mol. The molecule has 0 unspecified atom stereocenters. The Morgan fingerprint density at radius 1 is 0.250 bits per heavy atom. The van der Waals surface area contributed by atoms with Gasteiger partial charge in [-0.05, 0) is 65.7 Å². The molecule has 56 heavy (non-hydrogen) atoms. The van der Waals surface area contributed by atoms with Gasteiger partial charge >= 0.3 is 0 Å². The van der Waals surface area contributed by atoms with Crippen LogP contribution >= 0.6 is 0 Å². The fourth-order valence-electron chi connectivity index (χ4n) is 8.16. The van der Waals surface area contributed by atoms with Crippen molar-refractivity contribution in [3.8, 4) is 56.7 Å². The van der Waals surface area contributed by atoms with E-state index in [0.29, 0.717) is 17.5 Å². The van der Waals surface area contributed by atoms with E-state index in [-0.39, 0.29) is 0 Å². The molecule has 5 nitrogen and oxygen atoms in total. The molecule has 0 saturated heterocycles. The Morgan fingerprint density at radius 2 is 0.661 bits per heavy atom. The Kier molecular flexibility index (Phi) is 7.42. The summed E-state index contributed by atoms with van der Waals surface area (Å²) in [4.78, 5) is 15.3. The van der Waals surface area contributed by atoms with Crippen molar-refractivity contribution in [2.24, 2.45) is 0 Å². The van der Waals surface area contributed by atoms with Gasteiger partial charge < -0.3 is 9.13 Å². The molecular weight excluding hydrogens is 683 g/mol. The molecule has 11 rings (SSSR count). The molecule has 0 aliphatic carbocycles. The second-order valence-corrected chi connectivity index (χ2v) is 14.1. The maximum atomic E-state index is 5.17. The first kappa shape index (κ1) is 31.9. The summed E-state index contributed by atoms with van der Waals surface area (Å²) < 4.78 is 4.67. The number of rotatable bonds is 6. The Hall–Kier alpha value is -7.63. The van der Waals surface area contributed by atoms with Crippen LogP contribution in [0.4, 0.5) is 0 Å². The van der Waals surface area contributed by atoms with Gasteiger partial charge in [-0.1, -0.05) is 146 Å². The number of nitrogens with zero attached hydrogens (tertiary/aromatic N) is 5. The standard InChI is InChI=1S/C51H33N5/c1-3-14-35(15-4-1)49-52-50(54-51(53-49)38-28-31-44-43-22-9-12-25-47(43)56(48(44)33-38)39-18-5-2-6-19-39)37-17-13-16-36(32-37)34-26-29-40(30-27-34)55-45-23-10-7-20-41(45)42-21-8-11-24-46(42)55/h1-33H. The molecule has 8 aromatic carbocycles. The van der Waals surface area contributed by atoms with Crippen LogP contribution in [0.1, 0.15) is 0 Å². The van der Waals surface area contributed by atoms with Gasteiger partial charge in [0.05, 0.1) is 22.1 Å². The lowest BCUT2D eigenvalue weighted by Gasteiger charge is -2.11. The summed E-state index contributed by atoms with van der Waals surface area (Å²) in [5.41, 5.74) is 11.9. The highest BCUT2D eigenvalue weighted by Crippen LogP contribution is 2.36. The third kappa shape index (κ3) is 5.29. The molecule has 0 atom stereocenters. The summed E-state index contributed by atoms with van der Waals surface area (Å²) in [5.74, 6) is 1.89. The molecule has 0 spiro atoms. The van der Waals surface area contributed by atoms with Crippen molar-refractivity contribution in [1.29, 1.82) is 0 Å². The van der Waals surface area contributed by atoms with Crippen LogP contribution in [0.15, 0.2) is 200 Å².